The van der Waals surface area contributed by atoms with Crippen molar-refractivity contribution >= 4 is 11.9 Å². The average Bonchev–Trinajstić information content (AvgIpc) is 3.09. The van der Waals surface area contributed by atoms with Gasteiger partial charge in [-0.25, -0.2) is 4.98 Å². The van der Waals surface area contributed by atoms with Gasteiger partial charge in [-0.3, -0.25) is 0 Å². The molecule has 1 aliphatic heterocycles. The van der Waals surface area contributed by atoms with Gasteiger partial charge in [0.25, 0.3) is 0 Å². The van der Waals surface area contributed by atoms with E-state index < -0.39 is 0 Å². The van der Waals surface area contributed by atoms with Gasteiger partial charge in [-0.1, -0.05) is 0 Å². The molecule has 0 bridgehead atoms. The van der Waals surface area contributed by atoms with Gasteiger partial charge in [-0.15, -0.1) is 0 Å². The van der Waals surface area contributed by atoms with Crippen LogP contribution in [0.15, 0.2) is 18.3 Å². The van der Waals surface area contributed by atoms with Gasteiger partial charge in [-0.2, -0.15) is 15.0 Å². The Morgan fingerprint density at radius 1 is 1.19 bits per heavy atom. The Hall–Kier alpha value is -2.44. The minimum Gasteiger partial charge on any atom is -0.494 e. The third-order valence-corrected chi connectivity index (χ3v) is 3.44. The molecule has 0 unspecified atom stereocenters. The Labute approximate surface area is 123 Å². The van der Waals surface area contributed by atoms with Gasteiger partial charge in [0.1, 0.15) is 11.4 Å². The monoisotopic (exact) mass is 286 g/mol. The van der Waals surface area contributed by atoms with Crippen molar-refractivity contribution in [2.45, 2.75) is 12.8 Å². The summed E-state index contributed by atoms with van der Waals surface area (Å²) in [7, 11) is 3.41. The molecule has 0 aromatic carbocycles. The van der Waals surface area contributed by atoms with Gasteiger partial charge in [0.05, 0.1) is 7.11 Å². The molecule has 0 radical (unpaired) electrons. The SMILES string of the molecule is CNc1nc(-c2ncccc2OC)nc(N2CCCC2)n1. The van der Waals surface area contributed by atoms with Crippen LogP contribution in [0.4, 0.5) is 11.9 Å². The van der Waals surface area contributed by atoms with Crippen LogP contribution in [0.3, 0.4) is 0 Å². The van der Waals surface area contributed by atoms with Crippen LogP contribution in [0.1, 0.15) is 12.8 Å². The maximum atomic E-state index is 5.34. The predicted octanol–water partition coefficient (Wildman–Crippen LogP) is 1.58. The van der Waals surface area contributed by atoms with Crippen LogP contribution in [0.2, 0.25) is 0 Å². The summed E-state index contributed by atoms with van der Waals surface area (Å²) >= 11 is 0. The highest BCUT2D eigenvalue weighted by Gasteiger charge is 2.19. The van der Waals surface area contributed by atoms with Crippen LogP contribution < -0.4 is 15.0 Å². The minimum atomic E-state index is 0.522. The summed E-state index contributed by atoms with van der Waals surface area (Å²) in [6, 6.07) is 3.67. The Balaban J connectivity index is 2.06. The summed E-state index contributed by atoms with van der Waals surface area (Å²) in [6.07, 6.45) is 4.04. The normalized spacial score (nSPS) is 14.3. The number of hydrogen-bond donors (Lipinski definition) is 1. The number of ether oxygens (including phenoxy) is 1. The van der Waals surface area contributed by atoms with E-state index in [0.717, 1.165) is 13.1 Å². The Morgan fingerprint density at radius 3 is 2.71 bits per heavy atom. The highest BCUT2D eigenvalue weighted by Crippen LogP contribution is 2.27. The number of hydrogen-bond acceptors (Lipinski definition) is 7. The molecule has 110 valence electrons. The van der Waals surface area contributed by atoms with Crippen molar-refractivity contribution in [1.82, 2.24) is 19.9 Å². The second-order valence-corrected chi connectivity index (χ2v) is 4.78. The fourth-order valence-corrected chi connectivity index (χ4v) is 2.36. The van der Waals surface area contributed by atoms with Crippen LogP contribution in [0.25, 0.3) is 11.5 Å². The highest BCUT2D eigenvalue weighted by molar-refractivity contribution is 5.61. The highest BCUT2D eigenvalue weighted by atomic mass is 16.5. The summed E-state index contributed by atoms with van der Waals surface area (Å²) < 4.78 is 5.34. The van der Waals surface area contributed by atoms with E-state index in [1.54, 1.807) is 20.4 Å². The lowest BCUT2D eigenvalue weighted by Crippen LogP contribution is -2.21. The Morgan fingerprint density at radius 2 is 2.00 bits per heavy atom. The molecule has 1 N–H and O–H groups in total. The molecule has 1 fully saturated rings. The first-order valence-corrected chi connectivity index (χ1v) is 7.00. The van der Waals surface area contributed by atoms with Crippen molar-refractivity contribution in [3.63, 3.8) is 0 Å². The quantitative estimate of drug-likeness (QED) is 0.914. The predicted molar refractivity (Wildman–Crippen MR) is 80.6 cm³/mol. The Bertz CT molecular complexity index is 627. The number of rotatable bonds is 4. The van der Waals surface area contributed by atoms with Crippen LogP contribution in [0.5, 0.6) is 5.75 Å². The molecule has 2 aromatic rings. The topological polar surface area (TPSA) is 76.1 Å². The summed E-state index contributed by atoms with van der Waals surface area (Å²) in [5.74, 6) is 2.40. The van der Waals surface area contributed by atoms with Crippen molar-refractivity contribution < 1.29 is 4.74 Å². The lowest BCUT2D eigenvalue weighted by Gasteiger charge is -2.16. The van der Waals surface area contributed by atoms with Crippen molar-refractivity contribution in [2.24, 2.45) is 0 Å². The summed E-state index contributed by atoms with van der Waals surface area (Å²) in [5.41, 5.74) is 0.624. The Kier molecular flexibility index (Phi) is 3.81. The van der Waals surface area contributed by atoms with Crippen molar-refractivity contribution in [1.29, 1.82) is 0 Å². The van der Waals surface area contributed by atoms with Gasteiger partial charge in [0.2, 0.25) is 11.9 Å². The molecule has 2 aromatic heterocycles. The van der Waals surface area contributed by atoms with E-state index >= 15 is 0 Å². The van der Waals surface area contributed by atoms with E-state index in [0.29, 0.717) is 29.2 Å². The fourth-order valence-electron chi connectivity index (χ4n) is 2.36. The maximum absolute atomic E-state index is 5.34. The molecule has 0 spiro atoms. The van der Waals surface area contributed by atoms with Gasteiger partial charge in [-0.05, 0) is 25.0 Å². The third kappa shape index (κ3) is 2.72. The van der Waals surface area contributed by atoms with E-state index in [9.17, 15) is 0 Å². The van der Waals surface area contributed by atoms with Crippen LogP contribution in [-0.2, 0) is 0 Å². The van der Waals surface area contributed by atoms with E-state index in [1.807, 2.05) is 12.1 Å². The van der Waals surface area contributed by atoms with Crippen molar-refractivity contribution in [3.05, 3.63) is 18.3 Å². The second kappa shape index (κ2) is 5.90. The molecule has 21 heavy (non-hydrogen) atoms. The van der Waals surface area contributed by atoms with Gasteiger partial charge < -0.3 is 15.0 Å². The number of pyridine rings is 1. The molecule has 3 rings (SSSR count). The average molecular weight is 286 g/mol. The van der Waals surface area contributed by atoms with Crippen LogP contribution in [0, 0.1) is 0 Å². The fraction of sp³-hybridized carbons (Fsp3) is 0.429. The molecule has 1 aliphatic rings. The zero-order valence-electron chi connectivity index (χ0n) is 12.2. The number of aromatic nitrogens is 4. The van der Waals surface area contributed by atoms with Gasteiger partial charge in [0.15, 0.2) is 5.82 Å². The summed E-state index contributed by atoms with van der Waals surface area (Å²) in [6.45, 7) is 1.96. The van der Waals surface area contributed by atoms with Crippen molar-refractivity contribution in [3.8, 4) is 17.3 Å². The van der Waals surface area contributed by atoms with E-state index in [4.69, 9.17) is 4.74 Å². The molecule has 0 aliphatic carbocycles. The first-order chi connectivity index (χ1) is 10.3. The molecular formula is C14H18N6O. The number of methoxy groups -OCH3 is 1. The van der Waals surface area contributed by atoms with E-state index in [-0.39, 0.29) is 0 Å². The number of nitrogens with zero attached hydrogens (tertiary/aromatic N) is 5. The molecule has 3 heterocycles. The first-order valence-electron chi connectivity index (χ1n) is 7.00. The first kappa shape index (κ1) is 13.5. The summed E-state index contributed by atoms with van der Waals surface area (Å²) in [5, 5.41) is 2.98. The lowest BCUT2D eigenvalue weighted by molar-refractivity contribution is 0.414. The van der Waals surface area contributed by atoms with Crippen LogP contribution >= 0.6 is 0 Å². The number of anilines is 2. The molecule has 1 saturated heterocycles. The smallest absolute Gasteiger partial charge is 0.230 e. The third-order valence-electron chi connectivity index (χ3n) is 3.44. The molecular weight excluding hydrogens is 268 g/mol. The molecule has 0 amide bonds. The molecule has 7 nitrogen and oxygen atoms in total. The number of nitrogens with one attached hydrogen (secondary N) is 1. The molecule has 0 saturated carbocycles. The van der Waals surface area contributed by atoms with E-state index in [2.05, 4.69) is 30.2 Å². The summed E-state index contributed by atoms with van der Waals surface area (Å²) in [4.78, 5) is 19.9. The van der Waals surface area contributed by atoms with Crippen LogP contribution in [-0.4, -0.2) is 47.2 Å². The zero-order chi connectivity index (χ0) is 14.7. The lowest BCUT2D eigenvalue weighted by atomic mass is 10.3. The van der Waals surface area contributed by atoms with Gasteiger partial charge >= 0.3 is 0 Å². The van der Waals surface area contributed by atoms with E-state index in [1.165, 1.54) is 12.8 Å². The minimum absolute atomic E-state index is 0.522. The standard InChI is InChI=1S/C14H18N6O/c1-15-13-17-12(11-10(21-2)6-5-7-16-11)18-14(19-13)20-8-3-4-9-20/h5-7H,3-4,8-9H2,1-2H3,(H,15,17,18,19). The largest absolute Gasteiger partial charge is 0.494 e. The second-order valence-electron chi connectivity index (χ2n) is 4.78. The molecule has 7 heteroatoms. The molecule has 0 atom stereocenters. The van der Waals surface area contributed by atoms with Gasteiger partial charge in [0, 0.05) is 26.3 Å². The van der Waals surface area contributed by atoms with Crippen molar-refractivity contribution in [2.75, 3.05) is 37.5 Å². The maximum Gasteiger partial charge on any atom is 0.230 e. The zero-order valence-corrected chi connectivity index (χ0v) is 12.2.